The van der Waals surface area contributed by atoms with Crippen molar-refractivity contribution >= 4 is 11.9 Å². The van der Waals surface area contributed by atoms with Crippen LogP contribution in [0.15, 0.2) is 134 Å². The molecule has 1 amide bonds. The number of esters is 1. The van der Waals surface area contributed by atoms with Crippen LogP contribution >= 0.6 is 0 Å². The number of rotatable bonds is 8. The van der Waals surface area contributed by atoms with E-state index in [0.29, 0.717) is 11.3 Å². The highest BCUT2D eigenvalue weighted by molar-refractivity contribution is 5.90. The van der Waals surface area contributed by atoms with E-state index in [4.69, 9.17) is 9.72 Å². The van der Waals surface area contributed by atoms with Crippen LogP contribution in [0.3, 0.4) is 0 Å². The molecule has 0 bridgehead atoms. The first kappa shape index (κ1) is 30.0. The van der Waals surface area contributed by atoms with Gasteiger partial charge in [0.1, 0.15) is 17.3 Å². The van der Waals surface area contributed by atoms with E-state index < -0.39 is 23.7 Å². The maximum Gasteiger partial charge on any atom is 0.338 e. The number of aromatic nitrogens is 2. The van der Waals surface area contributed by atoms with E-state index in [0.717, 1.165) is 16.7 Å². The van der Waals surface area contributed by atoms with Crippen LogP contribution in [0.2, 0.25) is 0 Å². The summed E-state index contributed by atoms with van der Waals surface area (Å²) in [6.45, 7) is 6.22. The minimum atomic E-state index is -0.985. The third-order valence-corrected chi connectivity index (χ3v) is 8.56. The molecule has 2 heterocycles. The number of hydrogen-bond acceptors (Lipinski definition) is 5. The van der Waals surface area contributed by atoms with E-state index in [1.54, 1.807) is 42.5 Å². The lowest BCUT2D eigenvalue weighted by atomic mass is 9.77. The Bertz CT molecular complexity index is 1650. The lowest BCUT2D eigenvalue weighted by molar-refractivity contribution is -0.131. The monoisotopic (exact) mass is 598 g/mol. The molecule has 6 rings (SSSR count). The molecule has 4 aromatic carbocycles. The lowest BCUT2D eigenvalue weighted by Crippen LogP contribution is -2.46. The molecule has 1 fully saturated rings. The smallest absolute Gasteiger partial charge is 0.338 e. The number of amides is 1. The predicted octanol–water partition coefficient (Wildman–Crippen LogP) is 6.42. The molecule has 1 aliphatic rings. The SMILES string of the molecule is CN1C(=O)C(C(OC(=O)c2ccccc2)c2cn(C(c3ccccc3)(c3ccccc3)c3ccccc3)cn2)NC1C(C)(C)C. The third kappa shape index (κ3) is 5.56. The zero-order valence-corrected chi connectivity index (χ0v) is 26.0. The van der Waals surface area contributed by atoms with Crippen LogP contribution in [-0.4, -0.2) is 45.6 Å². The normalized spacial score (nSPS) is 17.7. The highest BCUT2D eigenvalue weighted by Gasteiger charge is 2.48. The number of carbonyl (C=O) groups is 2. The van der Waals surface area contributed by atoms with Gasteiger partial charge in [0.05, 0.1) is 18.1 Å². The molecule has 3 atom stereocenters. The molecule has 228 valence electrons. The first-order chi connectivity index (χ1) is 21.7. The Morgan fingerprint density at radius 2 is 1.24 bits per heavy atom. The molecule has 0 aliphatic carbocycles. The second-order valence-electron chi connectivity index (χ2n) is 12.6. The number of hydrogen-bond donors (Lipinski definition) is 1. The molecule has 7 heteroatoms. The fraction of sp³-hybridized carbons (Fsp3) is 0.237. The highest BCUT2D eigenvalue weighted by atomic mass is 16.5. The Balaban J connectivity index is 1.52. The van der Waals surface area contributed by atoms with Crippen LogP contribution in [-0.2, 0) is 15.1 Å². The largest absolute Gasteiger partial charge is 0.450 e. The summed E-state index contributed by atoms with van der Waals surface area (Å²) in [5.74, 6) is -0.678. The zero-order valence-electron chi connectivity index (χ0n) is 26.0. The summed E-state index contributed by atoms with van der Waals surface area (Å²) >= 11 is 0. The van der Waals surface area contributed by atoms with Crippen molar-refractivity contribution in [3.63, 3.8) is 0 Å². The molecule has 1 saturated heterocycles. The van der Waals surface area contributed by atoms with Crippen molar-refractivity contribution in [1.82, 2.24) is 19.8 Å². The number of ether oxygens (including phenoxy) is 1. The summed E-state index contributed by atoms with van der Waals surface area (Å²) in [5.41, 5.74) is 2.92. The van der Waals surface area contributed by atoms with E-state index in [2.05, 4.69) is 67.1 Å². The highest BCUT2D eigenvalue weighted by Crippen LogP contribution is 2.42. The molecule has 0 spiro atoms. The van der Waals surface area contributed by atoms with Crippen LogP contribution in [0.1, 0.15) is 59.6 Å². The number of nitrogens with zero attached hydrogens (tertiary/aromatic N) is 3. The summed E-state index contributed by atoms with van der Waals surface area (Å²) in [6.07, 6.45) is 2.44. The zero-order chi connectivity index (χ0) is 31.6. The molecule has 5 aromatic rings. The van der Waals surface area contributed by atoms with Crippen LogP contribution in [0.25, 0.3) is 0 Å². The molecule has 7 nitrogen and oxygen atoms in total. The Hall–Kier alpha value is -5.01. The average Bonchev–Trinajstić information content (AvgIpc) is 3.67. The molecule has 45 heavy (non-hydrogen) atoms. The van der Waals surface area contributed by atoms with E-state index >= 15 is 0 Å². The van der Waals surface area contributed by atoms with Crippen LogP contribution in [0.4, 0.5) is 0 Å². The van der Waals surface area contributed by atoms with Crippen molar-refractivity contribution in [3.05, 3.63) is 162 Å². The summed E-state index contributed by atoms with van der Waals surface area (Å²) in [6, 6.07) is 38.8. The Morgan fingerprint density at radius 1 is 0.778 bits per heavy atom. The summed E-state index contributed by atoms with van der Waals surface area (Å²) in [7, 11) is 1.78. The Labute approximate surface area is 264 Å². The first-order valence-electron chi connectivity index (χ1n) is 15.2. The van der Waals surface area contributed by atoms with Gasteiger partial charge in [-0.2, -0.15) is 0 Å². The van der Waals surface area contributed by atoms with Crippen molar-refractivity contribution in [2.75, 3.05) is 7.05 Å². The number of benzene rings is 4. The van der Waals surface area contributed by atoms with Gasteiger partial charge in [0, 0.05) is 13.2 Å². The predicted molar refractivity (Wildman–Crippen MR) is 174 cm³/mol. The van der Waals surface area contributed by atoms with Gasteiger partial charge in [0.15, 0.2) is 6.10 Å². The Kier molecular flexibility index (Phi) is 8.12. The number of carbonyl (C=O) groups excluding carboxylic acids is 2. The van der Waals surface area contributed by atoms with Gasteiger partial charge < -0.3 is 14.2 Å². The molecule has 1 aliphatic heterocycles. The van der Waals surface area contributed by atoms with Gasteiger partial charge in [0.25, 0.3) is 0 Å². The van der Waals surface area contributed by atoms with Gasteiger partial charge in [-0.15, -0.1) is 0 Å². The fourth-order valence-electron chi connectivity index (χ4n) is 6.46. The van der Waals surface area contributed by atoms with Gasteiger partial charge in [-0.3, -0.25) is 10.1 Å². The van der Waals surface area contributed by atoms with Gasteiger partial charge in [-0.25, -0.2) is 9.78 Å². The summed E-state index contributed by atoms with van der Waals surface area (Å²) < 4.78 is 8.27. The minimum Gasteiger partial charge on any atom is -0.450 e. The van der Waals surface area contributed by atoms with Crippen LogP contribution < -0.4 is 5.32 Å². The Morgan fingerprint density at radius 3 is 1.69 bits per heavy atom. The second-order valence-corrected chi connectivity index (χ2v) is 12.6. The average molecular weight is 599 g/mol. The number of likely N-dealkylation sites (N-methyl/N-ethyl adjacent to an activating group) is 1. The van der Waals surface area contributed by atoms with Crippen molar-refractivity contribution in [1.29, 1.82) is 0 Å². The van der Waals surface area contributed by atoms with E-state index in [-0.39, 0.29) is 17.5 Å². The molecule has 0 radical (unpaired) electrons. The minimum absolute atomic E-state index is 0.157. The van der Waals surface area contributed by atoms with Crippen LogP contribution in [0, 0.1) is 5.41 Å². The number of nitrogens with one attached hydrogen (secondary N) is 1. The molecule has 1 N–H and O–H groups in total. The van der Waals surface area contributed by atoms with Crippen molar-refractivity contribution in [2.45, 2.75) is 44.6 Å². The molecule has 0 saturated carbocycles. The van der Waals surface area contributed by atoms with E-state index in [1.807, 2.05) is 66.9 Å². The van der Waals surface area contributed by atoms with Gasteiger partial charge in [-0.1, -0.05) is 130 Å². The summed E-state index contributed by atoms with van der Waals surface area (Å²) in [5, 5.41) is 3.48. The molecular formula is C38H38N4O3. The standard InChI is InChI=1S/C38H38N4O3/c1-37(2,3)36-40-32(34(43)41(36)4)33(45-35(44)27-17-9-5-10-18-27)31-25-42(26-39-31)38(28-19-11-6-12-20-28,29-21-13-7-14-22-29)30-23-15-8-16-24-30/h5-26,32-33,36,40H,1-4H3. The lowest BCUT2D eigenvalue weighted by Gasteiger charge is -2.37. The first-order valence-corrected chi connectivity index (χ1v) is 15.2. The molecular weight excluding hydrogens is 560 g/mol. The molecule has 1 aromatic heterocycles. The van der Waals surface area contributed by atoms with Gasteiger partial charge in [-0.05, 0) is 34.2 Å². The van der Waals surface area contributed by atoms with Crippen molar-refractivity contribution < 1.29 is 14.3 Å². The van der Waals surface area contributed by atoms with Crippen molar-refractivity contribution in [3.8, 4) is 0 Å². The third-order valence-electron chi connectivity index (χ3n) is 8.56. The van der Waals surface area contributed by atoms with Crippen molar-refractivity contribution in [2.24, 2.45) is 5.41 Å². The van der Waals surface area contributed by atoms with Gasteiger partial charge in [0.2, 0.25) is 5.91 Å². The van der Waals surface area contributed by atoms with E-state index in [1.165, 1.54) is 0 Å². The van der Waals surface area contributed by atoms with Gasteiger partial charge >= 0.3 is 5.97 Å². The van der Waals surface area contributed by atoms with Crippen LogP contribution in [0.5, 0.6) is 0 Å². The number of imidazole rings is 1. The molecule has 3 unspecified atom stereocenters. The summed E-state index contributed by atoms with van der Waals surface area (Å²) in [4.78, 5) is 33.9. The maximum absolute atomic E-state index is 13.8. The van der Waals surface area contributed by atoms with E-state index in [9.17, 15) is 9.59 Å². The topological polar surface area (TPSA) is 76.5 Å². The fourth-order valence-corrected chi connectivity index (χ4v) is 6.46. The second kappa shape index (κ2) is 12.2. The quantitative estimate of drug-likeness (QED) is 0.165. The maximum atomic E-state index is 13.8.